The molecule has 1 aliphatic rings. The molecule has 0 aliphatic carbocycles. The molecule has 2 rings (SSSR count). The predicted molar refractivity (Wildman–Crippen MR) is 67.3 cm³/mol. The summed E-state index contributed by atoms with van der Waals surface area (Å²) in [4.78, 5) is 0. The van der Waals surface area contributed by atoms with Gasteiger partial charge in [0.25, 0.3) is 0 Å². The third-order valence-electron chi connectivity index (χ3n) is 2.94. The number of hydrogen-bond donors (Lipinski definition) is 0. The number of ether oxygens (including phenoxy) is 1. The molecule has 0 radical (unpaired) electrons. The SMILES string of the molecule is CCN(CC)[P@]1(=O)COc2ccccc2CO1. The first kappa shape index (κ1) is 12.6. The lowest BCUT2D eigenvalue weighted by Crippen LogP contribution is -2.23. The van der Waals surface area contributed by atoms with Crippen LogP contribution in [0.5, 0.6) is 5.75 Å². The Labute approximate surface area is 102 Å². The Morgan fingerprint density at radius 3 is 2.71 bits per heavy atom. The number of rotatable bonds is 3. The van der Waals surface area contributed by atoms with Crippen molar-refractivity contribution in [3.63, 3.8) is 0 Å². The molecular weight excluding hydrogens is 237 g/mol. The summed E-state index contributed by atoms with van der Waals surface area (Å²) in [5.74, 6) is 0.775. The van der Waals surface area contributed by atoms with E-state index in [0.717, 1.165) is 11.3 Å². The van der Waals surface area contributed by atoms with Crippen LogP contribution >= 0.6 is 7.52 Å². The predicted octanol–water partition coefficient (Wildman–Crippen LogP) is 3.09. The van der Waals surface area contributed by atoms with Crippen molar-refractivity contribution in [1.29, 1.82) is 0 Å². The van der Waals surface area contributed by atoms with E-state index in [0.29, 0.717) is 19.7 Å². The highest BCUT2D eigenvalue weighted by Gasteiger charge is 2.33. The maximum absolute atomic E-state index is 12.7. The molecule has 0 amide bonds. The third-order valence-corrected chi connectivity index (χ3v) is 5.35. The quantitative estimate of drug-likeness (QED) is 0.778. The van der Waals surface area contributed by atoms with Gasteiger partial charge in [-0.05, 0) is 6.07 Å². The third kappa shape index (κ3) is 2.54. The van der Waals surface area contributed by atoms with Gasteiger partial charge in [0.05, 0.1) is 6.61 Å². The molecule has 0 bridgehead atoms. The smallest absolute Gasteiger partial charge is 0.309 e. The van der Waals surface area contributed by atoms with Gasteiger partial charge in [0.2, 0.25) is 0 Å². The molecule has 1 aromatic rings. The summed E-state index contributed by atoms with van der Waals surface area (Å²) < 4.78 is 25.7. The number of fused-ring (bicyclic) bond motifs is 1. The van der Waals surface area contributed by atoms with Gasteiger partial charge >= 0.3 is 7.52 Å². The van der Waals surface area contributed by atoms with Gasteiger partial charge in [-0.2, -0.15) is 0 Å². The van der Waals surface area contributed by atoms with Crippen LogP contribution in [0.4, 0.5) is 0 Å². The van der Waals surface area contributed by atoms with Gasteiger partial charge in [0, 0.05) is 18.7 Å². The van der Waals surface area contributed by atoms with Gasteiger partial charge in [-0.3, -0.25) is 4.57 Å². The van der Waals surface area contributed by atoms with Crippen molar-refractivity contribution in [2.45, 2.75) is 20.5 Å². The molecule has 0 spiro atoms. The summed E-state index contributed by atoms with van der Waals surface area (Å²) in [6.45, 7) is 5.71. The van der Waals surface area contributed by atoms with Crippen LogP contribution in [-0.4, -0.2) is 24.1 Å². The summed E-state index contributed by atoms with van der Waals surface area (Å²) >= 11 is 0. The van der Waals surface area contributed by atoms with Gasteiger partial charge in [0.1, 0.15) is 5.75 Å². The number of nitrogens with zero attached hydrogens (tertiary/aromatic N) is 1. The van der Waals surface area contributed by atoms with E-state index in [1.165, 1.54) is 0 Å². The monoisotopic (exact) mass is 255 g/mol. The highest BCUT2D eigenvalue weighted by atomic mass is 31.2. The number of benzene rings is 1. The molecule has 4 nitrogen and oxygen atoms in total. The van der Waals surface area contributed by atoms with Gasteiger partial charge < -0.3 is 9.26 Å². The Bertz CT molecular complexity index is 401. The maximum Gasteiger partial charge on any atom is 0.309 e. The zero-order chi connectivity index (χ0) is 12.3. The van der Waals surface area contributed by atoms with Crippen LogP contribution in [-0.2, 0) is 15.7 Å². The lowest BCUT2D eigenvalue weighted by Gasteiger charge is -2.27. The summed E-state index contributed by atoms with van der Waals surface area (Å²) in [7, 11) is -2.84. The molecule has 0 saturated heterocycles. The van der Waals surface area contributed by atoms with Crippen LogP contribution in [0.1, 0.15) is 19.4 Å². The molecule has 0 unspecified atom stereocenters. The van der Waals surface area contributed by atoms with E-state index in [2.05, 4.69) is 0 Å². The molecular formula is C12H18NO3P. The first-order valence-corrected chi connectivity index (χ1v) is 7.65. The molecule has 0 N–H and O–H groups in total. The molecule has 1 aromatic carbocycles. The molecule has 0 aromatic heterocycles. The Morgan fingerprint density at radius 2 is 2.00 bits per heavy atom. The van der Waals surface area contributed by atoms with Gasteiger partial charge in [0.15, 0.2) is 6.35 Å². The molecule has 0 saturated carbocycles. The largest absolute Gasteiger partial charge is 0.482 e. The minimum absolute atomic E-state index is 0.131. The van der Waals surface area contributed by atoms with Gasteiger partial charge in [-0.1, -0.05) is 32.0 Å². The van der Waals surface area contributed by atoms with E-state index >= 15 is 0 Å². The van der Waals surface area contributed by atoms with E-state index in [4.69, 9.17) is 9.26 Å². The lowest BCUT2D eigenvalue weighted by atomic mass is 10.2. The number of hydrogen-bond acceptors (Lipinski definition) is 3. The van der Waals surface area contributed by atoms with E-state index < -0.39 is 7.52 Å². The molecule has 17 heavy (non-hydrogen) atoms. The van der Waals surface area contributed by atoms with Crippen LogP contribution in [0.25, 0.3) is 0 Å². The zero-order valence-corrected chi connectivity index (χ0v) is 11.2. The summed E-state index contributed by atoms with van der Waals surface area (Å²) in [5, 5.41) is 0. The van der Waals surface area contributed by atoms with Crippen LogP contribution in [0.3, 0.4) is 0 Å². The Balaban J connectivity index is 2.21. The zero-order valence-electron chi connectivity index (χ0n) is 10.3. The Hall–Kier alpha value is -0.830. The second-order valence-electron chi connectivity index (χ2n) is 3.93. The second-order valence-corrected chi connectivity index (χ2v) is 6.29. The van der Waals surface area contributed by atoms with Crippen molar-refractivity contribution in [3.05, 3.63) is 29.8 Å². The first-order valence-electron chi connectivity index (χ1n) is 5.89. The molecule has 5 heteroatoms. The lowest BCUT2D eigenvalue weighted by molar-refractivity contribution is 0.247. The van der Waals surface area contributed by atoms with Crippen LogP contribution in [0, 0.1) is 0 Å². The molecule has 0 fully saturated rings. The van der Waals surface area contributed by atoms with E-state index in [1.54, 1.807) is 0 Å². The Morgan fingerprint density at radius 1 is 1.29 bits per heavy atom. The highest BCUT2D eigenvalue weighted by Crippen LogP contribution is 2.53. The van der Waals surface area contributed by atoms with E-state index in [9.17, 15) is 4.57 Å². The topological polar surface area (TPSA) is 38.8 Å². The fraction of sp³-hybridized carbons (Fsp3) is 0.500. The minimum Gasteiger partial charge on any atom is -0.482 e. The van der Waals surface area contributed by atoms with Crippen LogP contribution in [0.2, 0.25) is 0 Å². The van der Waals surface area contributed by atoms with E-state index in [1.807, 2.05) is 42.8 Å². The Kier molecular flexibility index (Phi) is 3.87. The van der Waals surface area contributed by atoms with Gasteiger partial charge in [-0.25, -0.2) is 4.67 Å². The average Bonchev–Trinajstić information content (AvgIpc) is 2.52. The normalized spacial score (nSPS) is 23.9. The maximum atomic E-state index is 12.7. The van der Waals surface area contributed by atoms with Crippen molar-refractivity contribution in [3.8, 4) is 5.75 Å². The van der Waals surface area contributed by atoms with Crippen molar-refractivity contribution in [1.82, 2.24) is 4.67 Å². The van der Waals surface area contributed by atoms with Crippen LogP contribution < -0.4 is 4.74 Å². The molecule has 1 atom stereocenters. The standard InChI is InChI=1S/C12H18NO3P/c1-3-13(4-2)17(14)10-15-12-8-6-5-7-11(12)9-16-17/h5-8H,3-4,9-10H2,1-2H3/t17-/m0/s1. The van der Waals surface area contributed by atoms with Crippen LogP contribution in [0.15, 0.2) is 24.3 Å². The highest BCUT2D eigenvalue weighted by molar-refractivity contribution is 7.56. The van der Waals surface area contributed by atoms with Crippen molar-refractivity contribution < 1.29 is 13.8 Å². The fourth-order valence-corrected chi connectivity index (χ4v) is 3.85. The molecule has 1 heterocycles. The van der Waals surface area contributed by atoms with Crippen molar-refractivity contribution in [2.75, 3.05) is 19.4 Å². The van der Waals surface area contributed by atoms with Crippen molar-refractivity contribution >= 4 is 7.52 Å². The summed E-state index contributed by atoms with van der Waals surface area (Å²) in [5.41, 5.74) is 0.956. The van der Waals surface area contributed by atoms with E-state index in [-0.39, 0.29) is 6.35 Å². The second kappa shape index (κ2) is 5.21. The molecule has 1 aliphatic heterocycles. The minimum atomic E-state index is -2.84. The van der Waals surface area contributed by atoms with Crippen molar-refractivity contribution in [2.24, 2.45) is 0 Å². The fourth-order valence-electron chi connectivity index (χ4n) is 1.94. The summed E-state index contributed by atoms with van der Waals surface area (Å²) in [6, 6.07) is 7.66. The first-order chi connectivity index (χ1) is 8.19. The average molecular weight is 255 g/mol. The summed E-state index contributed by atoms with van der Waals surface area (Å²) in [6.07, 6.45) is 0.131. The van der Waals surface area contributed by atoms with Gasteiger partial charge in [-0.15, -0.1) is 0 Å². The molecule has 94 valence electrons. The number of para-hydroxylation sites is 1.